The highest BCUT2D eigenvalue weighted by Crippen LogP contribution is 2.33. The lowest BCUT2D eigenvalue weighted by Gasteiger charge is -2.10. The summed E-state index contributed by atoms with van der Waals surface area (Å²) in [4.78, 5) is 17.1. The second-order valence-electron chi connectivity index (χ2n) is 1.54. The van der Waals surface area contributed by atoms with Gasteiger partial charge in [0.2, 0.25) is 0 Å². The summed E-state index contributed by atoms with van der Waals surface area (Å²) in [6.07, 6.45) is 0.738. The van der Waals surface area contributed by atoms with Crippen molar-refractivity contribution < 1.29 is 9.79 Å². The maximum Gasteiger partial charge on any atom is 0.169 e. The summed E-state index contributed by atoms with van der Waals surface area (Å²) in [6, 6.07) is 0. The van der Waals surface area contributed by atoms with Crippen LogP contribution in [0.5, 0.6) is 0 Å². The van der Waals surface area contributed by atoms with Crippen LogP contribution in [0.3, 0.4) is 0 Å². The van der Waals surface area contributed by atoms with Gasteiger partial charge in [0.15, 0.2) is 8.38 Å². The molecule has 8 heavy (non-hydrogen) atoms. The highest BCUT2D eigenvalue weighted by Gasteiger charge is 2.12. The Labute approximate surface area is 55.4 Å². The second-order valence-corrected chi connectivity index (χ2v) is 3.22. The van der Waals surface area contributed by atoms with Crippen molar-refractivity contribution >= 4 is 20.0 Å². The van der Waals surface area contributed by atoms with E-state index >= 15 is 0 Å². The van der Waals surface area contributed by atoms with E-state index in [1.165, 1.54) is 0 Å². The van der Waals surface area contributed by atoms with Crippen LogP contribution in [0.15, 0.2) is 0 Å². The Kier molecular flexibility index (Phi) is 4.87. The smallest absolute Gasteiger partial charge is 0.169 e. The molecular weight excluding hydrogens is 146 g/mol. The van der Waals surface area contributed by atoms with Gasteiger partial charge in [0.25, 0.3) is 0 Å². The van der Waals surface area contributed by atoms with Gasteiger partial charge in [-0.1, -0.05) is 6.92 Å². The number of hydrogen-bond donors (Lipinski definition) is 2. The van der Waals surface area contributed by atoms with Crippen molar-refractivity contribution in [3.63, 3.8) is 0 Å². The predicted octanol–water partition coefficient (Wildman–Crippen LogP) is 1.30. The molecule has 0 fully saturated rings. The van der Waals surface area contributed by atoms with Crippen LogP contribution in [0.4, 0.5) is 0 Å². The van der Waals surface area contributed by atoms with E-state index in [1.807, 2.05) is 6.92 Å². The maximum absolute atomic E-state index is 8.55. The molecule has 4 heteroatoms. The van der Waals surface area contributed by atoms with Crippen molar-refractivity contribution in [1.82, 2.24) is 0 Å². The minimum atomic E-state index is -1.80. The van der Waals surface area contributed by atoms with Crippen LogP contribution in [-0.4, -0.2) is 21.3 Å². The number of alkyl halides is 1. The normalized spacial score (nSPS) is 14.6. The summed E-state index contributed by atoms with van der Waals surface area (Å²) in [7, 11) is -1.80. The molecule has 0 saturated carbocycles. The summed E-state index contributed by atoms with van der Waals surface area (Å²) in [5.41, 5.74) is -0.105. The number of hydrogen-bond acceptors (Lipinski definition) is 2. The minimum absolute atomic E-state index is 0.105. The van der Waals surface area contributed by atoms with Crippen molar-refractivity contribution in [1.29, 1.82) is 0 Å². The Bertz CT molecular complexity index is 56.0. The predicted molar refractivity (Wildman–Crippen MR) is 36.2 cm³/mol. The first-order chi connectivity index (χ1) is 3.72. The third-order valence-electron chi connectivity index (χ3n) is 0.976. The van der Waals surface area contributed by atoms with Gasteiger partial charge in [-0.15, -0.1) is 11.6 Å². The lowest BCUT2D eigenvalue weighted by molar-refractivity contribution is 0.467. The Morgan fingerprint density at radius 1 is 1.62 bits per heavy atom. The van der Waals surface area contributed by atoms with Gasteiger partial charge in [0, 0.05) is 11.5 Å². The fourth-order valence-electron chi connectivity index (χ4n) is 0.334. The third kappa shape index (κ3) is 2.83. The summed E-state index contributed by atoms with van der Waals surface area (Å²) < 4.78 is 0. The molecule has 2 N–H and O–H groups in total. The fraction of sp³-hybridized carbons (Fsp3) is 1.00. The van der Waals surface area contributed by atoms with Gasteiger partial charge < -0.3 is 9.79 Å². The molecule has 0 aliphatic rings. The van der Waals surface area contributed by atoms with E-state index in [4.69, 9.17) is 21.4 Å². The van der Waals surface area contributed by atoms with E-state index in [9.17, 15) is 0 Å². The van der Waals surface area contributed by atoms with Crippen LogP contribution >= 0.6 is 20.0 Å². The maximum atomic E-state index is 8.55. The highest BCUT2D eigenvalue weighted by atomic mass is 35.5. The first-order valence-corrected chi connectivity index (χ1v) is 4.30. The monoisotopic (exact) mass is 156 g/mol. The second kappa shape index (κ2) is 4.51. The molecule has 0 rings (SSSR count). The third-order valence-corrected chi connectivity index (χ3v) is 2.76. The molecule has 2 nitrogen and oxygen atoms in total. The van der Waals surface area contributed by atoms with Gasteiger partial charge in [-0.3, -0.25) is 0 Å². The number of rotatable bonds is 3. The van der Waals surface area contributed by atoms with Crippen molar-refractivity contribution in [2.75, 3.05) is 5.88 Å². The van der Waals surface area contributed by atoms with Gasteiger partial charge in [-0.25, -0.2) is 0 Å². The highest BCUT2D eigenvalue weighted by molar-refractivity contribution is 7.46. The van der Waals surface area contributed by atoms with Crippen LogP contribution in [-0.2, 0) is 0 Å². The van der Waals surface area contributed by atoms with E-state index in [1.54, 1.807) is 0 Å². The molecule has 1 atom stereocenters. The van der Waals surface area contributed by atoms with Crippen LogP contribution in [0.1, 0.15) is 13.3 Å². The lowest BCUT2D eigenvalue weighted by atomic mass is 10.4. The molecular formula is C4H10ClO2P. The molecule has 0 amide bonds. The van der Waals surface area contributed by atoms with E-state index in [-0.39, 0.29) is 5.66 Å². The fourth-order valence-corrected chi connectivity index (χ4v) is 1.37. The van der Waals surface area contributed by atoms with Gasteiger partial charge >= 0.3 is 0 Å². The molecule has 0 aromatic heterocycles. The van der Waals surface area contributed by atoms with Crippen LogP contribution in [0.2, 0.25) is 0 Å². The molecule has 0 radical (unpaired) electrons. The average Bonchev–Trinajstić information content (AvgIpc) is 1.69. The topological polar surface area (TPSA) is 40.5 Å². The molecule has 0 aromatic rings. The van der Waals surface area contributed by atoms with Crippen molar-refractivity contribution in [2.24, 2.45) is 0 Å². The summed E-state index contributed by atoms with van der Waals surface area (Å²) >= 11 is 5.36. The zero-order valence-corrected chi connectivity index (χ0v) is 6.36. The standard InChI is InChI=1S/C4H10ClO2P/c1-2-4(3-5)8(6)7/h4,6-7H,2-3H2,1H3. The Hall–Kier alpha value is 0.640. The summed E-state index contributed by atoms with van der Waals surface area (Å²) in [5.74, 6) is 0.342. The van der Waals surface area contributed by atoms with Crippen molar-refractivity contribution in [3.05, 3.63) is 0 Å². The van der Waals surface area contributed by atoms with Gasteiger partial charge in [-0.2, -0.15) is 0 Å². The minimum Gasteiger partial charge on any atom is -0.350 e. The van der Waals surface area contributed by atoms with E-state index in [0.717, 1.165) is 6.42 Å². The molecule has 0 aliphatic heterocycles. The van der Waals surface area contributed by atoms with Crippen molar-refractivity contribution in [2.45, 2.75) is 19.0 Å². The largest absolute Gasteiger partial charge is 0.350 e. The molecule has 0 aromatic carbocycles. The van der Waals surface area contributed by atoms with Gasteiger partial charge in [-0.05, 0) is 6.42 Å². The molecule has 0 saturated heterocycles. The molecule has 0 aliphatic carbocycles. The Balaban J connectivity index is 3.35. The number of halogens is 1. The molecule has 1 unspecified atom stereocenters. The van der Waals surface area contributed by atoms with Crippen LogP contribution in [0.25, 0.3) is 0 Å². The van der Waals surface area contributed by atoms with E-state index in [2.05, 4.69) is 0 Å². The van der Waals surface area contributed by atoms with Gasteiger partial charge in [0.1, 0.15) is 0 Å². The lowest BCUT2D eigenvalue weighted by Crippen LogP contribution is -2.04. The zero-order chi connectivity index (χ0) is 6.57. The average molecular weight is 157 g/mol. The Morgan fingerprint density at radius 2 is 2.12 bits per heavy atom. The molecule has 0 bridgehead atoms. The molecule has 0 heterocycles. The molecule has 50 valence electrons. The zero-order valence-electron chi connectivity index (χ0n) is 4.71. The summed E-state index contributed by atoms with van der Waals surface area (Å²) in [5, 5.41) is 0. The summed E-state index contributed by atoms with van der Waals surface area (Å²) in [6.45, 7) is 1.88. The molecule has 0 spiro atoms. The van der Waals surface area contributed by atoms with Gasteiger partial charge in [0.05, 0.1) is 0 Å². The Morgan fingerprint density at radius 3 is 2.12 bits per heavy atom. The quantitative estimate of drug-likeness (QED) is 0.478. The first-order valence-electron chi connectivity index (χ1n) is 2.45. The SMILES string of the molecule is CCC(CCl)P(O)O. The van der Waals surface area contributed by atoms with E-state index in [0.29, 0.717) is 5.88 Å². The van der Waals surface area contributed by atoms with Crippen molar-refractivity contribution in [3.8, 4) is 0 Å². The van der Waals surface area contributed by atoms with Crippen LogP contribution < -0.4 is 0 Å². The first kappa shape index (κ1) is 8.64. The van der Waals surface area contributed by atoms with E-state index < -0.39 is 8.38 Å². The van der Waals surface area contributed by atoms with Crippen LogP contribution in [0, 0.1) is 0 Å².